The number of likely N-dealkylation sites (tertiary alicyclic amines) is 1. The van der Waals surface area contributed by atoms with Gasteiger partial charge in [-0.05, 0) is 104 Å². The second-order valence-corrected chi connectivity index (χ2v) is 17.1. The van der Waals surface area contributed by atoms with Crippen molar-refractivity contribution in [1.29, 1.82) is 0 Å². The molecule has 3 heterocycles. The first-order valence-corrected chi connectivity index (χ1v) is 21.4. The number of aromatic nitrogens is 1. The number of alkyl halides is 6. The molecule has 1 spiro atoms. The lowest BCUT2D eigenvalue weighted by Crippen LogP contribution is -2.50. The molecule has 3 aliphatic rings. The molecule has 2 aliphatic heterocycles. The molecule has 65 heavy (non-hydrogen) atoms. The third-order valence-corrected chi connectivity index (χ3v) is 13.0. The molecule has 2 saturated heterocycles. The molecule has 2 fully saturated rings. The zero-order chi connectivity index (χ0) is 46.7. The fourth-order valence-corrected chi connectivity index (χ4v) is 9.21. The SMILES string of the molecule is CNc1ccc(C(=O)N(C)CCCN(C)C(=O)CO[C@H]2Cc3ccccc3C23CCN(CC[C@@]2(c4ccc(F)cc4)CN(C(=O)c4cc(C(F)(F)F)cc(C(F)(F)F)c4)CO2)CC3)nc1. The van der Waals surface area contributed by atoms with Crippen molar-refractivity contribution in [3.05, 3.63) is 130 Å². The van der Waals surface area contributed by atoms with Gasteiger partial charge >= 0.3 is 12.4 Å². The van der Waals surface area contributed by atoms with Crippen LogP contribution in [0.5, 0.6) is 0 Å². The van der Waals surface area contributed by atoms with Gasteiger partial charge in [0, 0.05) is 51.8 Å². The number of halogens is 7. The minimum absolute atomic E-state index is 0.0283. The van der Waals surface area contributed by atoms with E-state index in [-0.39, 0.29) is 49.0 Å². The lowest BCUT2D eigenvalue weighted by molar-refractivity contribution is -0.143. The number of ether oxygens (including phenoxy) is 2. The van der Waals surface area contributed by atoms with Crippen LogP contribution in [-0.4, -0.2) is 122 Å². The lowest BCUT2D eigenvalue weighted by Gasteiger charge is -2.44. The highest BCUT2D eigenvalue weighted by atomic mass is 19.4. The third-order valence-electron chi connectivity index (χ3n) is 13.0. The molecule has 11 nitrogen and oxygen atoms in total. The highest BCUT2D eigenvalue weighted by Crippen LogP contribution is 2.48. The Morgan fingerprint density at radius 2 is 1.55 bits per heavy atom. The molecule has 2 atom stereocenters. The second kappa shape index (κ2) is 19.1. The van der Waals surface area contributed by atoms with Crippen molar-refractivity contribution in [3.8, 4) is 0 Å². The maximum absolute atomic E-state index is 14.1. The number of benzene rings is 3. The maximum Gasteiger partial charge on any atom is 0.416 e. The van der Waals surface area contributed by atoms with Crippen LogP contribution in [0.4, 0.5) is 36.4 Å². The molecular formula is C47H51F7N6O5. The smallest absolute Gasteiger partial charge is 0.387 e. The number of rotatable bonds is 14. The third kappa shape index (κ3) is 10.4. The normalized spacial score (nSPS) is 19.6. The maximum atomic E-state index is 14.1. The number of pyridine rings is 1. The predicted octanol–water partition coefficient (Wildman–Crippen LogP) is 7.61. The van der Waals surface area contributed by atoms with Crippen molar-refractivity contribution in [1.82, 2.24) is 24.6 Å². The van der Waals surface area contributed by atoms with Gasteiger partial charge in [0.25, 0.3) is 11.8 Å². The van der Waals surface area contributed by atoms with E-state index in [1.807, 2.05) is 12.1 Å². The van der Waals surface area contributed by atoms with Crippen molar-refractivity contribution < 1.29 is 54.6 Å². The van der Waals surface area contributed by atoms with Crippen LogP contribution in [-0.2, 0) is 44.1 Å². The fraction of sp³-hybridized carbons (Fsp3) is 0.447. The summed E-state index contributed by atoms with van der Waals surface area (Å²) in [5.74, 6) is -1.99. The van der Waals surface area contributed by atoms with E-state index in [0.717, 1.165) is 16.2 Å². The number of carbonyl (C=O) groups excluding carboxylic acids is 3. The van der Waals surface area contributed by atoms with Gasteiger partial charge in [-0.3, -0.25) is 14.4 Å². The molecule has 3 amide bonds. The van der Waals surface area contributed by atoms with Crippen LogP contribution < -0.4 is 5.32 Å². The van der Waals surface area contributed by atoms with Crippen LogP contribution in [0.3, 0.4) is 0 Å². The second-order valence-electron chi connectivity index (χ2n) is 17.1. The predicted molar refractivity (Wildman–Crippen MR) is 226 cm³/mol. The summed E-state index contributed by atoms with van der Waals surface area (Å²) in [7, 11) is 5.17. The number of likely N-dealkylation sites (N-methyl/N-ethyl adjacent to an activating group) is 1. The summed E-state index contributed by atoms with van der Waals surface area (Å²) in [6, 6.07) is 17.8. The first-order valence-electron chi connectivity index (χ1n) is 21.4. The monoisotopic (exact) mass is 912 g/mol. The Balaban J connectivity index is 0.977. The van der Waals surface area contributed by atoms with E-state index in [1.54, 1.807) is 49.3 Å². The molecule has 1 N–H and O–H groups in total. The Morgan fingerprint density at radius 1 is 0.892 bits per heavy atom. The summed E-state index contributed by atoms with van der Waals surface area (Å²) in [5, 5.41) is 2.97. The summed E-state index contributed by atoms with van der Waals surface area (Å²) in [6.07, 6.45) is -6.12. The van der Waals surface area contributed by atoms with Gasteiger partial charge in [0.05, 0.1) is 35.7 Å². The van der Waals surface area contributed by atoms with Crippen LogP contribution in [0.25, 0.3) is 0 Å². The van der Waals surface area contributed by atoms with Gasteiger partial charge in [0.15, 0.2) is 0 Å². The molecule has 1 aromatic heterocycles. The highest BCUT2D eigenvalue weighted by Gasteiger charge is 2.50. The number of fused-ring (bicyclic) bond motifs is 2. The zero-order valence-corrected chi connectivity index (χ0v) is 36.3. The van der Waals surface area contributed by atoms with Crippen LogP contribution in [0.2, 0.25) is 0 Å². The molecule has 0 saturated carbocycles. The Kier molecular flexibility index (Phi) is 13.9. The van der Waals surface area contributed by atoms with Gasteiger partial charge in [-0.25, -0.2) is 9.37 Å². The number of amides is 3. The Labute approximate surface area is 372 Å². The molecule has 7 rings (SSSR count). The van der Waals surface area contributed by atoms with E-state index in [4.69, 9.17) is 9.47 Å². The first kappa shape index (κ1) is 47.4. The summed E-state index contributed by atoms with van der Waals surface area (Å²) in [5.41, 5.74) is -1.66. The zero-order valence-electron chi connectivity index (χ0n) is 36.3. The molecule has 18 heteroatoms. The fourth-order valence-electron chi connectivity index (χ4n) is 9.21. The van der Waals surface area contributed by atoms with E-state index in [2.05, 4.69) is 27.3 Å². The standard InChI is InChI=1S/C47H51F7N6O5/c1-55-37-13-14-39(56-27-37)43(63)58(3)19-6-18-57(2)41(61)28-64-40-25-31-7-4-5-8-38(31)44(40)15-20-59(21-16-44)22-17-45(33-9-11-36(48)12-10-33)29-60(30-65-45)42(62)32-23-34(46(49,50)51)26-35(24-32)47(52,53)54/h4-5,7-14,23-24,26-27,40,55H,6,15-22,25,28-30H2,1-3H3/t40-,45-/m0/s1. The summed E-state index contributed by atoms with van der Waals surface area (Å²) in [4.78, 5) is 50.5. The van der Waals surface area contributed by atoms with Crippen LogP contribution in [0, 0.1) is 5.82 Å². The van der Waals surface area contributed by atoms with Crippen molar-refractivity contribution in [2.45, 2.75) is 61.6 Å². The Hall–Kier alpha value is -5.59. The van der Waals surface area contributed by atoms with E-state index in [1.165, 1.54) is 29.8 Å². The average molecular weight is 913 g/mol. The van der Waals surface area contributed by atoms with Crippen LogP contribution >= 0.6 is 0 Å². The first-order chi connectivity index (χ1) is 30.8. The van der Waals surface area contributed by atoms with Gasteiger partial charge in [0.2, 0.25) is 5.91 Å². The summed E-state index contributed by atoms with van der Waals surface area (Å²) < 4.78 is 109. The molecule has 3 aromatic carbocycles. The van der Waals surface area contributed by atoms with Crippen molar-refractivity contribution >= 4 is 23.4 Å². The quantitative estimate of drug-likeness (QED) is 0.129. The van der Waals surface area contributed by atoms with Crippen molar-refractivity contribution in [3.63, 3.8) is 0 Å². The molecule has 348 valence electrons. The number of hydrogen-bond donors (Lipinski definition) is 1. The molecule has 4 aromatic rings. The molecular weight excluding hydrogens is 862 g/mol. The van der Waals surface area contributed by atoms with Crippen molar-refractivity contribution in [2.24, 2.45) is 0 Å². The van der Waals surface area contributed by atoms with Gasteiger partial charge in [-0.15, -0.1) is 0 Å². The lowest BCUT2D eigenvalue weighted by atomic mass is 9.72. The van der Waals surface area contributed by atoms with Crippen LogP contribution in [0.15, 0.2) is 85.1 Å². The van der Waals surface area contributed by atoms with E-state index in [9.17, 15) is 45.1 Å². The van der Waals surface area contributed by atoms with Gasteiger partial charge < -0.3 is 34.4 Å². The topological polar surface area (TPSA) is 108 Å². The number of nitrogens with one attached hydrogen (secondary N) is 1. The number of nitrogens with zero attached hydrogens (tertiary/aromatic N) is 5. The van der Waals surface area contributed by atoms with E-state index in [0.29, 0.717) is 81.8 Å². The minimum Gasteiger partial charge on any atom is -0.387 e. The summed E-state index contributed by atoms with van der Waals surface area (Å²) in [6.45, 7) is 1.78. The van der Waals surface area contributed by atoms with Gasteiger partial charge in [-0.2, -0.15) is 26.3 Å². The molecule has 1 aliphatic carbocycles. The summed E-state index contributed by atoms with van der Waals surface area (Å²) >= 11 is 0. The van der Waals surface area contributed by atoms with Gasteiger partial charge in [0.1, 0.15) is 30.4 Å². The van der Waals surface area contributed by atoms with E-state index >= 15 is 0 Å². The highest BCUT2D eigenvalue weighted by molar-refractivity contribution is 5.95. The Morgan fingerprint density at radius 3 is 2.18 bits per heavy atom. The number of anilines is 1. The van der Waals surface area contributed by atoms with Crippen molar-refractivity contribution in [2.75, 3.05) is 79.1 Å². The van der Waals surface area contributed by atoms with Crippen LogP contribution in [0.1, 0.15) is 74.3 Å². The molecule has 0 unspecified atom stereocenters. The largest absolute Gasteiger partial charge is 0.416 e. The minimum atomic E-state index is -5.13. The number of carbonyl (C=O) groups is 3. The number of piperidine rings is 1. The number of hydrogen-bond acceptors (Lipinski definition) is 8. The van der Waals surface area contributed by atoms with E-state index < -0.39 is 53.1 Å². The average Bonchev–Trinajstić information content (AvgIpc) is 3.86. The molecule has 0 bridgehead atoms. The Bertz CT molecular complexity index is 2310. The van der Waals surface area contributed by atoms with Gasteiger partial charge in [-0.1, -0.05) is 36.4 Å². The molecule has 0 radical (unpaired) electrons.